The molecule has 0 radical (unpaired) electrons. The molecule has 4 heterocycles. The molecule has 3 aliphatic rings. The average Bonchev–Trinajstić information content (AvgIpc) is 3.24. The van der Waals surface area contributed by atoms with Crippen LogP contribution in [0.5, 0.6) is 5.88 Å². The lowest BCUT2D eigenvalue weighted by molar-refractivity contribution is -0.162. The van der Waals surface area contributed by atoms with Crippen LogP contribution in [0.2, 0.25) is 0 Å². The van der Waals surface area contributed by atoms with E-state index in [4.69, 9.17) is 9.47 Å². The molecule has 0 bridgehead atoms. The molecular weight excluding hydrogens is 322 g/mol. The molecule has 5 rings (SSSR count). The number of rotatable bonds is 3. The van der Waals surface area contributed by atoms with Crippen molar-refractivity contribution in [3.63, 3.8) is 0 Å². The Kier molecular flexibility index (Phi) is 3.12. The Morgan fingerprint density at radius 1 is 1.32 bits per heavy atom. The first-order valence-corrected chi connectivity index (χ1v) is 8.57. The number of nitrogens with zero attached hydrogens (tertiary/aromatic N) is 5. The van der Waals surface area contributed by atoms with Crippen molar-refractivity contribution in [2.45, 2.75) is 49.7 Å². The third-order valence-electron chi connectivity index (χ3n) is 5.34. The molecule has 130 valence electrons. The zero-order chi connectivity index (χ0) is 17.0. The first-order chi connectivity index (χ1) is 12.1. The quantitative estimate of drug-likeness (QED) is 0.835. The van der Waals surface area contributed by atoms with E-state index < -0.39 is 5.60 Å². The maximum absolute atomic E-state index is 13.1. The summed E-state index contributed by atoms with van der Waals surface area (Å²) in [6.07, 6.45) is 9.35. The van der Waals surface area contributed by atoms with Crippen molar-refractivity contribution in [3.8, 4) is 5.88 Å². The molecule has 25 heavy (non-hydrogen) atoms. The second-order valence-corrected chi connectivity index (χ2v) is 6.98. The van der Waals surface area contributed by atoms with Gasteiger partial charge in [-0.2, -0.15) is 5.10 Å². The molecule has 2 aromatic rings. The average molecular weight is 341 g/mol. The van der Waals surface area contributed by atoms with E-state index in [1.54, 1.807) is 23.3 Å². The molecule has 1 aliphatic carbocycles. The van der Waals surface area contributed by atoms with Gasteiger partial charge in [-0.15, -0.1) is 0 Å². The highest BCUT2D eigenvalue weighted by atomic mass is 16.6. The lowest BCUT2D eigenvalue weighted by Crippen LogP contribution is -2.56. The Labute approximate surface area is 144 Å². The van der Waals surface area contributed by atoms with Crippen molar-refractivity contribution < 1.29 is 14.3 Å². The number of amides is 1. The van der Waals surface area contributed by atoms with Crippen LogP contribution in [0.25, 0.3) is 0 Å². The van der Waals surface area contributed by atoms with Crippen molar-refractivity contribution in [3.05, 3.63) is 36.5 Å². The van der Waals surface area contributed by atoms with Gasteiger partial charge in [0, 0.05) is 38.5 Å². The fourth-order valence-corrected chi connectivity index (χ4v) is 4.16. The number of carbonyl (C=O) groups is 1. The molecular formula is C17H19N5O3. The molecule has 8 nitrogen and oxygen atoms in total. The van der Waals surface area contributed by atoms with Crippen molar-refractivity contribution >= 4 is 5.91 Å². The number of ether oxygens (including phenoxy) is 2. The van der Waals surface area contributed by atoms with Gasteiger partial charge < -0.3 is 14.4 Å². The van der Waals surface area contributed by atoms with Crippen LogP contribution in [0.15, 0.2) is 30.9 Å². The molecule has 2 atom stereocenters. The van der Waals surface area contributed by atoms with Crippen LogP contribution < -0.4 is 4.74 Å². The molecule has 2 saturated heterocycles. The van der Waals surface area contributed by atoms with Crippen LogP contribution in [0, 0.1) is 0 Å². The molecule has 0 unspecified atom stereocenters. The molecule has 0 N–H and O–H groups in total. The second-order valence-electron chi connectivity index (χ2n) is 6.98. The third kappa shape index (κ3) is 2.24. The lowest BCUT2D eigenvalue weighted by Gasteiger charge is -2.41. The van der Waals surface area contributed by atoms with Crippen LogP contribution in [0.1, 0.15) is 37.4 Å². The molecule has 1 spiro atoms. The molecule has 8 heteroatoms. The van der Waals surface area contributed by atoms with Gasteiger partial charge in [0.15, 0.2) is 5.60 Å². The number of fused-ring (bicyclic) bond motifs is 1. The normalized spacial score (nSPS) is 33.6. The number of aryl methyl sites for hydroxylation is 1. The van der Waals surface area contributed by atoms with Crippen LogP contribution in [0.4, 0.5) is 0 Å². The Bertz CT molecular complexity index is 802. The highest BCUT2D eigenvalue weighted by Gasteiger charge is 2.63. The Balaban J connectivity index is 1.30. The van der Waals surface area contributed by atoms with E-state index in [0.29, 0.717) is 18.7 Å². The topological polar surface area (TPSA) is 82.4 Å². The van der Waals surface area contributed by atoms with Crippen molar-refractivity contribution in [1.29, 1.82) is 0 Å². The van der Waals surface area contributed by atoms with Gasteiger partial charge in [-0.25, -0.2) is 4.98 Å². The molecule has 2 aromatic heterocycles. The first kappa shape index (κ1) is 14.8. The van der Waals surface area contributed by atoms with E-state index in [2.05, 4.69) is 15.1 Å². The Morgan fingerprint density at radius 2 is 2.20 bits per heavy atom. The minimum absolute atomic E-state index is 0.0121. The number of hydrogen-bond acceptors (Lipinski definition) is 6. The summed E-state index contributed by atoms with van der Waals surface area (Å²) in [5.74, 6) is 0.560. The highest BCUT2D eigenvalue weighted by Crippen LogP contribution is 2.51. The van der Waals surface area contributed by atoms with Gasteiger partial charge in [-0.05, 0) is 18.9 Å². The zero-order valence-electron chi connectivity index (χ0n) is 13.9. The van der Waals surface area contributed by atoms with Gasteiger partial charge in [0.25, 0.3) is 5.91 Å². The molecule has 2 aliphatic heterocycles. The molecule has 3 fully saturated rings. The summed E-state index contributed by atoms with van der Waals surface area (Å²) in [6.45, 7) is 0. The summed E-state index contributed by atoms with van der Waals surface area (Å²) in [5, 5.41) is 4.48. The number of aromatic nitrogens is 4. The van der Waals surface area contributed by atoms with Crippen molar-refractivity contribution in [1.82, 2.24) is 24.6 Å². The van der Waals surface area contributed by atoms with Crippen LogP contribution in [0.3, 0.4) is 0 Å². The zero-order valence-corrected chi connectivity index (χ0v) is 13.9. The lowest BCUT2D eigenvalue weighted by atomic mass is 9.76. The van der Waals surface area contributed by atoms with Crippen LogP contribution >= 0.6 is 0 Å². The highest BCUT2D eigenvalue weighted by molar-refractivity contribution is 5.89. The van der Waals surface area contributed by atoms with E-state index in [0.717, 1.165) is 18.5 Å². The van der Waals surface area contributed by atoms with Crippen LogP contribution in [-0.4, -0.2) is 48.5 Å². The van der Waals surface area contributed by atoms with Crippen LogP contribution in [-0.2, 0) is 16.6 Å². The molecule has 1 saturated carbocycles. The minimum Gasteiger partial charge on any atom is -0.473 e. The first-order valence-electron chi connectivity index (χ1n) is 8.57. The van der Waals surface area contributed by atoms with E-state index in [9.17, 15) is 4.79 Å². The number of hydrogen-bond donors (Lipinski definition) is 0. The summed E-state index contributed by atoms with van der Waals surface area (Å²) in [5.41, 5.74) is 0.205. The van der Waals surface area contributed by atoms with E-state index >= 15 is 0 Å². The molecule has 1 amide bonds. The van der Waals surface area contributed by atoms with Crippen molar-refractivity contribution in [2.75, 3.05) is 0 Å². The third-order valence-corrected chi connectivity index (χ3v) is 5.34. The maximum Gasteiger partial charge on any atom is 0.257 e. The standard InChI is InChI=1S/C17H19N5O3/c1-21-7-4-12(20-21)13-2-3-15-22(13)16(23)17(25-15)8-11(9-17)24-14-10-18-5-6-19-14/h4-7,10-11,13,15H,2-3,8-9H2,1H3/t11?,13-,15+,17?/m0/s1. The van der Waals surface area contributed by atoms with Gasteiger partial charge in [0.1, 0.15) is 12.3 Å². The second kappa shape index (κ2) is 5.26. The van der Waals surface area contributed by atoms with E-state index in [-0.39, 0.29) is 24.3 Å². The minimum atomic E-state index is -0.731. The summed E-state index contributed by atoms with van der Waals surface area (Å²) in [6, 6.07) is 1.99. The van der Waals surface area contributed by atoms with Gasteiger partial charge in [0.05, 0.1) is 17.9 Å². The predicted octanol–water partition coefficient (Wildman–Crippen LogP) is 1.21. The predicted molar refractivity (Wildman–Crippen MR) is 85.3 cm³/mol. The summed E-state index contributed by atoms with van der Waals surface area (Å²) >= 11 is 0. The maximum atomic E-state index is 13.1. The monoisotopic (exact) mass is 341 g/mol. The number of carbonyl (C=O) groups excluding carboxylic acids is 1. The SMILES string of the molecule is Cn1ccc([C@@H]2CC[C@H]3OC4(CC(Oc5cnccn5)C4)C(=O)N32)n1. The van der Waals surface area contributed by atoms with Gasteiger partial charge in [-0.1, -0.05) is 0 Å². The fourth-order valence-electron chi connectivity index (χ4n) is 4.16. The summed E-state index contributed by atoms with van der Waals surface area (Å²) in [7, 11) is 1.89. The van der Waals surface area contributed by atoms with Gasteiger partial charge in [0.2, 0.25) is 5.88 Å². The Hall–Kier alpha value is -2.48. The van der Waals surface area contributed by atoms with E-state index in [1.165, 1.54) is 0 Å². The molecule has 0 aromatic carbocycles. The van der Waals surface area contributed by atoms with Gasteiger partial charge >= 0.3 is 0 Å². The smallest absolute Gasteiger partial charge is 0.257 e. The summed E-state index contributed by atoms with van der Waals surface area (Å²) in [4.78, 5) is 23.1. The fraction of sp³-hybridized carbons (Fsp3) is 0.529. The van der Waals surface area contributed by atoms with Gasteiger partial charge in [-0.3, -0.25) is 14.5 Å². The van der Waals surface area contributed by atoms with E-state index in [1.807, 2.05) is 24.2 Å². The largest absolute Gasteiger partial charge is 0.473 e. The Morgan fingerprint density at radius 3 is 2.92 bits per heavy atom. The summed E-state index contributed by atoms with van der Waals surface area (Å²) < 4.78 is 13.7. The van der Waals surface area contributed by atoms with Crippen molar-refractivity contribution in [2.24, 2.45) is 7.05 Å².